The highest BCUT2D eigenvalue weighted by molar-refractivity contribution is 5.98. The van der Waals surface area contributed by atoms with E-state index in [1.165, 1.54) is 27.4 Å². The van der Waals surface area contributed by atoms with Crippen LogP contribution >= 0.6 is 0 Å². The van der Waals surface area contributed by atoms with Crippen LogP contribution < -0.4 is 20.3 Å². The molecule has 2 aliphatic carbocycles. The maximum Gasteiger partial charge on any atom is 0.414 e. The van der Waals surface area contributed by atoms with Gasteiger partial charge < -0.3 is 46.7 Å². The van der Waals surface area contributed by atoms with E-state index in [9.17, 15) is 42.7 Å². The predicted molar refractivity (Wildman–Crippen MR) is 384 cm³/mol. The van der Waals surface area contributed by atoms with Crippen molar-refractivity contribution in [3.8, 4) is 0 Å². The number of hydrogen-bond acceptors (Lipinski definition) is 15. The first-order chi connectivity index (χ1) is 49.7. The second kappa shape index (κ2) is 30.7. The van der Waals surface area contributed by atoms with Crippen molar-refractivity contribution >= 4 is 80.2 Å². The Labute approximate surface area is 596 Å². The number of carboxylic acids is 1. The molecule has 103 heavy (non-hydrogen) atoms. The molecular weight excluding hydrogens is 1320 g/mol. The summed E-state index contributed by atoms with van der Waals surface area (Å²) in [4.78, 5) is 98.4. The number of aryl methyl sites for hydroxylation is 6. The Hall–Kier alpha value is -9.78. The number of imidazole rings is 3. The number of amides is 3. The van der Waals surface area contributed by atoms with E-state index in [2.05, 4.69) is 24.8 Å². The second-order valence-electron chi connectivity index (χ2n) is 28.5. The Kier molecular flexibility index (Phi) is 21.3. The number of aliphatic carboxylic acids is 1. The lowest BCUT2D eigenvalue weighted by Gasteiger charge is -2.34. The number of carboxylic acid groups (broad SMARTS) is 1. The molecule has 9 heterocycles. The number of halogens is 2. The number of anilines is 3. The van der Waals surface area contributed by atoms with Crippen molar-refractivity contribution in [3.05, 3.63) is 159 Å². The van der Waals surface area contributed by atoms with E-state index in [0.717, 1.165) is 193 Å². The second-order valence-corrected chi connectivity index (χ2v) is 28.5. The van der Waals surface area contributed by atoms with Crippen LogP contribution in [0.2, 0.25) is 0 Å². The quantitative estimate of drug-likeness (QED) is 0.112. The number of methoxy groups -OCH3 is 3. The lowest BCUT2D eigenvalue weighted by atomic mass is 9.83. The first-order valence-corrected chi connectivity index (χ1v) is 36.2. The third-order valence-corrected chi connectivity index (χ3v) is 22.0. The summed E-state index contributed by atoms with van der Waals surface area (Å²) in [5.41, 5.74) is 11.8. The van der Waals surface area contributed by atoms with Crippen molar-refractivity contribution in [2.24, 2.45) is 11.8 Å². The molecule has 544 valence electrons. The SMILES string of the molecule is COC(=O)N1c2ccc3c(nc(CCc4ncc(C)o4)n3C3CCC(C(=O)O)CC3)c2CC[C@@H]1C.COC(=O)N1c2ccc3c(nc(Cc4ccc(F)c(F)c4)n3[C@@H]3CCC[C@@H](C(C)=O)C3)c2CC[C@@H]1C.COC(=O)N1c2ccc3c(nc(Cn4ccccc4=O)n3[C@@H]3CCCOC3)c2CC[C@@H]1C. The van der Waals surface area contributed by atoms with Crippen LogP contribution in [0, 0.1) is 30.4 Å². The van der Waals surface area contributed by atoms with Gasteiger partial charge in [0.1, 0.15) is 29.0 Å². The summed E-state index contributed by atoms with van der Waals surface area (Å²) >= 11 is 0. The summed E-state index contributed by atoms with van der Waals surface area (Å²) in [5, 5.41) is 9.46. The molecular formula is C78H91F2N11O12. The summed E-state index contributed by atoms with van der Waals surface area (Å²) in [6.07, 6.45) is 17.3. The van der Waals surface area contributed by atoms with Crippen LogP contribution in [0.4, 0.5) is 40.2 Å². The molecule has 5 aromatic heterocycles. The molecule has 0 radical (unpaired) electrons. The molecule has 2 saturated carbocycles. The number of nitrogens with zero attached hydrogens (tertiary/aromatic N) is 11. The van der Waals surface area contributed by atoms with Gasteiger partial charge in [-0.25, -0.2) is 43.1 Å². The van der Waals surface area contributed by atoms with Gasteiger partial charge in [0.25, 0.3) is 5.56 Å². The Bertz CT molecular complexity index is 4730. The van der Waals surface area contributed by atoms with Gasteiger partial charge >= 0.3 is 24.2 Å². The highest BCUT2D eigenvalue weighted by atomic mass is 19.2. The molecule has 4 aliphatic heterocycles. The fourth-order valence-corrected chi connectivity index (χ4v) is 16.7. The molecule has 15 rings (SSSR count). The third kappa shape index (κ3) is 14.4. The highest BCUT2D eigenvalue weighted by Gasteiger charge is 2.38. The minimum atomic E-state index is -0.885. The number of pyridine rings is 1. The van der Waals surface area contributed by atoms with E-state index >= 15 is 0 Å². The van der Waals surface area contributed by atoms with Crippen molar-refractivity contribution in [1.82, 2.24) is 38.2 Å². The minimum Gasteiger partial charge on any atom is -0.481 e. The zero-order valence-corrected chi connectivity index (χ0v) is 59.9. The van der Waals surface area contributed by atoms with E-state index in [-0.39, 0.29) is 71.6 Å². The van der Waals surface area contributed by atoms with Gasteiger partial charge in [0.2, 0.25) is 0 Å². The molecule has 9 aromatic rings. The van der Waals surface area contributed by atoms with Crippen molar-refractivity contribution in [2.45, 2.75) is 199 Å². The molecule has 4 aromatic carbocycles. The molecule has 0 spiro atoms. The minimum absolute atomic E-state index is 0.000755. The summed E-state index contributed by atoms with van der Waals surface area (Å²) in [7, 11) is 4.20. The largest absolute Gasteiger partial charge is 0.481 e. The number of aromatic nitrogens is 8. The van der Waals surface area contributed by atoms with Gasteiger partial charge in [-0.3, -0.25) is 29.1 Å². The third-order valence-electron chi connectivity index (χ3n) is 22.0. The normalized spacial score (nSPS) is 21.7. The number of hydrogen-bond donors (Lipinski definition) is 1. The van der Waals surface area contributed by atoms with Crippen molar-refractivity contribution in [2.75, 3.05) is 49.2 Å². The monoisotopic (exact) mass is 1410 g/mol. The lowest BCUT2D eigenvalue weighted by Crippen LogP contribution is -2.42. The molecule has 0 unspecified atom stereocenters. The molecule has 3 amide bonds. The number of benzene rings is 4. The Morgan fingerprint density at radius 3 is 1.61 bits per heavy atom. The van der Waals surface area contributed by atoms with Crippen LogP contribution in [0.25, 0.3) is 33.1 Å². The average Bonchev–Trinajstić information content (AvgIpc) is 1.67. The van der Waals surface area contributed by atoms with Gasteiger partial charge in [-0.2, -0.15) is 0 Å². The van der Waals surface area contributed by atoms with Crippen LogP contribution in [0.3, 0.4) is 0 Å². The van der Waals surface area contributed by atoms with Gasteiger partial charge in [-0.15, -0.1) is 0 Å². The van der Waals surface area contributed by atoms with Crippen LogP contribution in [0.15, 0.2) is 94.4 Å². The van der Waals surface area contributed by atoms with Crippen LogP contribution in [0.1, 0.15) is 181 Å². The van der Waals surface area contributed by atoms with Gasteiger partial charge in [0.15, 0.2) is 17.5 Å². The predicted octanol–water partition coefficient (Wildman–Crippen LogP) is 14.5. The average molecular weight is 1410 g/mol. The first kappa shape index (κ1) is 71.6. The maximum atomic E-state index is 14.0. The Balaban J connectivity index is 0.000000138. The molecule has 6 aliphatic rings. The van der Waals surface area contributed by atoms with Gasteiger partial charge in [0, 0.05) is 91.0 Å². The van der Waals surface area contributed by atoms with Crippen LogP contribution in [0.5, 0.6) is 0 Å². The number of ketones is 1. The van der Waals surface area contributed by atoms with E-state index in [1.807, 2.05) is 64.1 Å². The van der Waals surface area contributed by atoms with E-state index in [4.69, 9.17) is 38.3 Å². The molecule has 23 nitrogen and oxygen atoms in total. The Morgan fingerprint density at radius 1 is 0.583 bits per heavy atom. The lowest BCUT2D eigenvalue weighted by molar-refractivity contribution is -0.143. The maximum absolute atomic E-state index is 14.0. The zero-order chi connectivity index (χ0) is 72.5. The number of carbonyl (C=O) groups excluding carboxylic acids is 4. The zero-order valence-electron chi connectivity index (χ0n) is 59.9. The standard InChI is InChI=1S/C28H31F2N3O3.C26H32N4O5.C24H28N4O4/c1-16-7-9-21-24(32(16)28(35)36-3)11-12-25-27(21)31-26(14-18-8-10-22(29)23(30)13-18)33(25)20-6-4-5-19(15-20)17(2)34;1-15-4-9-19-20(29(15)26(33)34-3)10-11-21-24(19)28-22(12-13-23-27-14-16(2)35-23)30(21)18-7-5-17(6-8-18)25(31)32;1-16-8-9-18-19(27(16)24(30)31-2)10-11-20-23(18)25-21(14-26-12-4-3-7-22(26)29)28(20)17-6-5-13-32-15-17/h8,10-13,16,19-20H,4-7,9,14-15H2,1-3H3;10-11,14-15,17-18H,4-9,12-13H2,1-3H3,(H,31,32);3-4,7,10-12,16-17H,5-6,8-9,13-15H2,1-2H3/t16-,19+,20+;15-,17?,18?;16-,17+/m000/s1. The first-order valence-electron chi connectivity index (χ1n) is 36.2. The van der Waals surface area contributed by atoms with Crippen molar-refractivity contribution < 1.29 is 61.2 Å². The highest BCUT2D eigenvalue weighted by Crippen LogP contribution is 2.45. The molecule has 6 atom stereocenters. The smallest absolute Gasteiger partial charge is 0.414 e. The van der Waals surface area contributed by atoms with E-state index in [0.29, 0.717) is 56.7 Å². The van der Waals surface area contributed by atoms with Crippen molar-refractivity contribution in [3.63, 3.8) is 0 Å². The number of carbonyl (C=O) groups is 5. The van der Waals surface area contributed by atoms with Crippen LogP contribution in [-0.4, -0.2) is 126 Å². The molecule has 1 N–H and O–H groups in total. The molecule has 0 bridgehead atoms. The van der Waals surface area contributed by atoms with E-state index in [1.54, 1.807) is 56.8 Å². The van der Waals surface area contributed by atoms with Gasteiger partial charge in [-0.1, -0.05) is 18.6 Å². The number of Topliss-reactive ketones (excluding diaryl/α,β-unsaturated/α-hetero) is 1. The van der Waals surface area contributed by atoms with Gasteiger partial charge in [0.05, 0.1) is 103 Å². The summed E-state index contributed by atoms with van der Waals surface area (Å²) in [6.45, 7) is 11.4. The topological polar surface area (TPSA) is 254 Å². The fourth-order valence-electron chi connectivity index (χ4n) is 16.7. The summed E-state index contributed by atoms with van der Waals surface area (Å²) < 4.78 is 62.7. The van der Waals surface area contributed by atoms with Crippen LogP contribution in [-0.2, 0) is 73.6 Å². The number of rotatable bonds is 12. The Morgan fingerprint density at radius 2 is 1.12 bits per heavy atom. The van der Waals surface area contributed by atoms with Gasteiger partial charge in [-0.05, 0) is 191 Å². The number of oxazole rings is 1. The summed E-state index contributed by atoms with van der Waals surface area (Å²) in [6, 6.07) is 21.7. The molecule has 25 heteroatoms. The molecule has 1 saturated heterocycles. The van der Waals surface area contributed by atoms with E-state index < -0.39 is 23.7 Å². The number of ether oxygens (including phenoxy) is 4. The number of fused-ring (bicyclic) bond motifs is 9. The summed E-state index contributed by atoms with van der Waals surface area (Å²) in [5.74, 6) is 1.46. The fraction of sp³-hybridized carbons (Fsp3) is 0.487. The van der Waals surface area contributed by atoms with Crippen molar-refractivity contribution in [1.29, 1.82) is 0 Å². The molecule has 3 fully saturated rings.